The predicted molar refractivity (Wildman–Crippen MR) is 265 cm³/mol. The Hall–Kier alpha value is -2.89. The third kappa shape index (κ3) is 48.1. The molecule has 0 aliphatic rings. The molecule has 0 N–H and O–H groups in total. The molecule has 6 heteroatoms. The summed E-state index contributed by atoms with van der Waals surface area (Å²) in [5, 5.41) is 0. The van der Waals surface area contributed by atoms with E-state index in [1.165, 1.54) is 103 Å². The molecule has 0 amide bonds. The Kier molecular flexibility index (Phi) is 48.4. The first-order valence-corrected chi connectivity index (χ1v) is 26.3. The Morgan fingerprint density at radius 2 is 0.645 bits per heavy atom. The van der Waals surface area contributed by atoms with Gasteiger partial charge < -0.3 is 14.2 Å². The van der Waals surface area contributed by atoms with E-state index in [0.29, 0.717) is 19.3 Å². The third-order valence-electron chi connectivity index (χ3n) is 11.3. The van der Waals surface area contributed by atoms with Gasteiger partial charge in [0, 0.05) is 19.3 Å². The van der Waals surface area contributed by atoms with Crippen molar-refractivity contribution < 1.29 is 28.6 Å². The molecule has 0 aromatic rings. The SMILES string of the molecule is CC/C=C\C/C=C\C/C=C\CCCCCCCC(=O)OCC(COC(=O)CCCCCCC/C=C\C/C=C\CCCC)OC(=O)CCCCCCCCCCCCCCCCC. The minimum absolute atomic E-state index is 0.0854. The van der Waals surface area contributed by atoms with Crippen LogP contribution in [0, 0.1) is 0 Å². The van der Waals surface area contributed by atoms with Gasteiger partial charge in [0.2, 0.25) is 0 Å². The average molecular weight is 867 g/mol. The molecule has 0 saturated heterocycles. The molecular weight excluding hydrogens is 769 g/mol. The molecule has 0 radical (unpaired) electrons. The zero-order valence-corrected chi connectivity index (χ0v) is 40.9. The zero-order valence-electron chi connectivity index (χ0n) is 40.9. The number of rotatable bonds is 47. The molecule has 62 heavy (non-hydrogen) atoms. The lowest BCUT2D eigenvalue weighted by Crippen LogP contribution is -2.30. The second-order valence-corrected chi connectivity index (χ2v) is 17.4. The van der Waals surface area contributed by atoms with E-state index in [2.05, 4.69) is 81.5 Å². The molecule has 1 atom stereocenters. The van der Waals surface area contributed by atoms with Gasteiger partial charge in [-0.25, -0.2) is 0 Å². The topological polar surface area (TPSA) is 78.9 Å². The smallest absolute Gasteiger partial charge is 0.306 e. The molecule has 0 aromatic carbocycles. The highest BCUT2D eigenvalue weighted by atomic mass is 16.6. The van der Waals surface area contributed by atoms with Crippen molar-refractivity contribution in [3.63, 3.8) is 0 Å². The largest absolute Gasteiger partial charge is 0.462 e. The molecule has 0 fully saturated rings. The second-order valence-electron chi connectivity index (χ2n) is 17.4. The normalized spacial score (nSPS) is 12.5. The van der Waals surface area contributed by atoms with Crippen molar-refractivity contribution in [3.8, 4) is 0 Å². The van der Waals surface area contributed by atoms with E-state index in [4.69, 9.17) is 14.2 Å². The summed E-state index contributed by atoms with van der Waals surface area (Å²) >= 11 is 0. The van der Waals surface area contributed by atoms with E-state index < -0.39 is 6.10 Å². The van der Waals surface area contributed by atoms with Crippen molar-refractivity contribution in [1.82, 2.24) is 0 Å². The Balaban J connectivity index is 4.41. The van der Waals surface area contributed by atoms with Crippen LogP contribution in [0.25, 0.3) is 0 Å². The van der Waals surface area contributed by atoms with Crippen LogP contribution in [0.1, 0.15) is 258 Å². The fraction of sp³-hybridized carbons (Fsp3) is 0.768. The Bertz CT molecular complexity index is 1130. The molecule has 0 heterocycles. The van der Waals surface area contributed by atoms with Crippen LogP contribution >= 0.6 is 0 Å². The van der Waals surface area contributed by atoms with Gasteiger partial charge in [-0.3, -0.25) is 14.4 Å². The molecule has 0 aliphatic carbocycles. The number of esters is 3. The number of hydrogen-bond acceptors (Lipinski definition) is 6. The number of ether oxygens (including phenoxy) is 3. The first kappa shape index (κ1) is 59.1. The first-order chi connectivity index (χ1) is 30.5. The lowest BCUT2D eigenvalue weighted by atomic mass is 10.0. The highest BCUT2D eigenvalue weighted by molar-refractivity contribution is 5.71. The number of allylic oxidation sites excluding steroid dienone is 10. The molecule has 0 saturated carbocycles. The van der Waals surface area contributed by atoms with Crippen LogP contribution in [0.3, 0.4) is 0 Å². The van der Waals surface area contributed by atoms with Crippen LogP contribution in [-0.4, -0.2) is 37.2 Å². The fourth-order valence-corrected chi connectivity index (χ4v) is 7.30. The highest BCUT2D eigenvalue weighted by Gasteiger charge is 2.19. The molecule has 6 nitrogen and oxygen atoms in total. The summed E-state index contributed by atoms with van der Waals surface area (Å²) < 4.78 is 16.8. The molecule has 0 rings (SSSR count). The van der Waals surface area contributed by atoms with Crippen LogP contribution in [-0.2, 0) is 28.6 Å². The summed E-state index contributed by atoms with van der Waals surface area (Å²) in [5.74, 6) is -0.908. The summed E-state index contributed by atoms with van der Waals surface area (Å²) in [7, 11) is 0. The monoisotopic (exact) mass is 867 g/mol. The van der Waals surface area contributed by atoms with Crippen molar-refractivity contribution in [1.29, 1.82) is 0 Å². The standard InChI is InChI=1S/C56H98O6/c1-4-7-10-13-16-19-22-25-28-31-34-37-40-43-46-49-55(58)61-52-53(51-60-54(57)48-45-42-39-36-33-30-27-24-21-18-15-12-9-6-3)62-56(59)50-47-44-41-38-35-32-29-26-23-20-17-14-11-8-5-2/h7,10,15-16,18-19,24-25,27-28,53H,4-6,8-9,11-14,17,20-23,26,29-52H2,1-3H3/b10-7-,18-15-,19-16-,27-24-,28-25-. The third-order valence-corrected chi connectivity index (χ3v) is 11.3. The van der Waals surface area contributed by atoms with Gasteiger partial charge in [0.05, 0.1) is 0 Å². The van der Waals surface area contributed by atoms with Gasteiger partial charge in [-0.1, -0.05) is 223 Å². The predicted octanol–water partition coefficient (Wildman–Crippen LogP) is 17.3. The van der Waals surface area contributed by atoms with Gasteiger partial charge in [0.1, 0.15) is 13.2 Å². The molecular formula is C56H98O6. The number of hydrogen-bond donors (Lipinski definition) is 0. The Morgan fingerprint density at radius 1 is 0.339 bits per heavy atom. The highest BCUT2D eigenvalue weighted by Crippen LogP contribution is 2.15. The second kappa shape index (κ2) is 50.8. The van der Waals surface area contributed by atoms with Crippen molar-refractivity contribution >= 4 is 17.9 Å². The summed E-state index contributed by atoms with van der Waals surface area (Å²) in [4.78, 5) is 38.0. The minimum atomic E-state index is -0.784. The van der Waals surface area contributed by atoms with Crippen molar-refractivity contribution in [2.75, 3.05) is 13.2 Å². The summed E-state index contributed by atoms with van der Waals surface area (Å²) in [6.45, 7) is 6.47. The average Bonchev–Trinajstić information content (AvgIpc) is 3.27. The Labute approximate surface area is 383 Å². The van der Waals surface area contributed by atoms with Gasteiger partial charge in [0.25, 0.3) is 0 Å². The Morgan fingerprint density at radius 3 is 1.03 bits per heavy atom. The molecule has 0 bridgehead atoms. The van der Waals surface area contributed by atoms with Gasteiger partial charge in [0.15, 0.2) is 6.10 Å². The minimum Gasteiger partial charge on any atom is -0.462 e. The van der Waals surface area contributed by atoms with Crippen molar-refractivity contribution in [3.05, 3.63) is 60.8 Å². The lowest BCUT2D eigenvalue weighted by molar-refractivity contribution is -0.167. The molecule has 0 aliphatic heterocycles. The van der Waals surface area contributed by atoms with Gasteiger partial charge in [-0.2, -0.15) is 0 Å². The maximum atomic E-state index is 12.8. The van der Waals surface area contributed by atoms with Gasteiger partial charge in [-0.15, -0.1) is 0 Å². The van der Waals surface area contributed by atoms with Crippen LogP contribution in [0.5, 0.6) is 0 Å². The molecule has 358 valence electrons. The van der Waals surface area contributed by atoms with E-state index in [0.717, 1.165) is 116 Å². The molecule has 1 unspecified atom stereocenters. The van der Waals surface area contributed by atoms with Crippen LogP contribution in [0.15, 0.2) is 60.8 Å². The van der Waals surface area contributed by atoms with E-state index >= 15 is 0 Å². The molecule has 0 aromatic heterocycles. The van der Waals surface area contributed by atoms with E-state index in [-0.39, 0.29) is 31.1 Å². The summed E-state index contributed by atoms with van der Waals surface area (Å²) in [6, 6.07) is 0. The first-order valence-electron chi connectivity index (χ1n) is 26.3. The maximum Gasteiger partial charge on any atom is 0.306 e. The number of carbonyl (C=O) groups is 3. The van der Waals surface area contributed by atoms with E-state index in [1.807, 2.05) is 0 Å². The van der Waals surface area contributed by atoms with Crippen LogP contribution in [0.4, 0.5) is 0 Å². The zero-order chi connectivity index (χ0) is 45.1. The van der Waals surface area contributed by atoms with E-state index in [9.17, 15) is 14.4 Å². The number of carbonyl (C=O) groups excluding carboxylic acids is 3. The maximum absolute atomic E-state index is 12.8. The van der Waals surface area contributed by atoms with Gasteiger partial charge >= 0.3 is 17.9 Å². The van der Waals surface area contributed by atoms with Crippen LogP contribution in [0.2, 0.25) is 0 Å². The van der Waals surface area contributed by atoms with E-state index in [1.54, 1.807) is 0 Å². The van der Waals surface area contributed by atoms with Gasteiger partial charge in [-0.05, 0) is 77.0 Å². The van der Waals surface area contributed by atoms with Crippen molar-refractivity contribution in [2.24, 2.45) is 0 Å². The van der Waals surface area contributed by atoms with Crippen LogP contribution < -0.4 is 0 Å². The summed E-state index contributed by atoms with van der Waals surface area (Å²) in [5.41, 5.74) is 0. The number of unbranched alkanes of at least 4 members (excludes halogenated alkanes) is 26. The fourth-order valence-electron chi connectivity index (χ4n) is 7.30. The van der Waals surface area contributed by atoms with Crippen molar-refractivity contribution in [2.45, 2.75) is 264 Å². The summed E-state index contributed by atoms with van der Waals surface area (Å²) in [6.07, 6.45) is 62.0. The quantitative estimate of drug-likeness (QED) is 0.0262. The lowest BCUT2D eigenvalue weighted by Gasteiger charge is -2.18. The molecule has 0 spiro atoms.